The summed E-state index contributed by atoms with van der Waals surface area (Å²) >= 11 is 3.47. The number of hydrogen-bond donors (Lipinski definition) is 1. The summed E-state index contributed by atoms with van der Waals surface area (Å²) in [4.78, 5) is 11.4. The molecule has 0 radical (unpaired) electrons. The van der Waals surface area contributed by atoms with E-state index in [0.29, 0.717) is 6.54 Å². The van der Waals surface area contributed by atoms with Gasteiger partial charge in [-0.05, 0) is 38.3 Å². The number of carbonyl (C=O) groups is 1. The van der Waals surface area contributed by atoms with Gasteiger partial charge in [-0.3, -0.25) is 0 Å². The van der Waals surface area contributed by atoms with E-state index >= 15 is 0 Å². The van der Waals surface area contributed by atoms with Crippen molar-refractivity contribution in [2.24, 2.45) is 0 Å². The predicted molar refractivity (Wildman–Crippen MR) is 87.0 cm³/mol. The number of benzene rings is 1. The molecule has 0 spiro atoms. The summed E-state index contributed by atoms with van der Waals surface area (Å²) in [6, 6.07) is 8.21. The number of alkyl halides is 1. The normalized spacial score (nSPS) is 11.6. The second-order valence-corrected chi connectivity index (χ2v) is 6.01. The van der Waals surface area contributed by atoms with Gasteiger partial charge in [-0.1, -0.05) is 52.3 Å². The summed E-state index contributed by atoms with van der Waals surface area (Å²) in [6.07, 6.45) is 4.54. The predicted octanol–water partition coefficient (Wildman–Crippen LogP) is 4.51. The van der Waals surface area contributed by atoms with Crippen LogP contribution in [-0.4, -0.2) is 18.2 Å². The Balaban J connectivity index is 2.34. The topological polar surface area (TPSA) is 38.3 Å². The second kappa shape index (κ2) is 8.10. The Bertz CT molecular complexity index is 464. The molecule has 1 amide bonds. The molecule has 0 unspecified atom stereocenters. The van der Waals surface area contributed by atoms with Gasteiger partial charge in [0, 0.05) is 11.9 Å². The van der Waals surface area contributed by atoms with Crippen molar-refractivity contribution in [3.63, 3.8) is 0 Å². The molecule has 0 aromatic heterocycles. The molecule has 0 saturated heterocycles. The minimum Gasteiger partial charge on any atom is -0.444 e. The maximum Gasteiger partial charge on any atom is 0.407 e. The van der Waals surface area contributed by atoms with Crippen molar-refractivity contribution in [1.82, 2.24) is 5.32 Å². The number of nitrogens with one attached hydrogen (secondary N) is 1. The number of halogens is 1. The van der Waals surface area contributed by atoms with Gasteiger partial charge < -0.3 is 10.1 Å². The van der Waals surface area contributed by atoms with E-state index in [0.717, 1.165) is 11.8 Å². The number of hydrogen-bond acceptors (Lipinski definition) is 2. The first-order valence-corrected chi connectivity index (χ1v) is 7.82. The van der Waals surface area contributed by atoms with E-state index in [1.54, 1.807) is 0 Å². The molecule has 1 aromatic rings. The highest BCUT2D eigenvalue weighted by atomic mass is 79.9. The lowest BCUT2D eigenvalue weighted by Crippen LogP contribution is -2.32. The number of alkyl carbamates (subject to hydrolysis) is 1. The minimum atomic E-state index is -0.450. The number of rotatable bonds is 5. The Hall–Kier alpha value is -1.29. The van der Waals surface area contributed by atoms with Crippen molar-refractivity contribution >= 4 is 28.1 Å². The molecule has 1 rings (SSSR count). The fourth-order valence-electron chi connectivity index (χ4n) is 1.60. The van der Waals surface area contributed by atoms with Crippen LogP contribution < -0.4 is 5.32 Å². The van der Waals surface area contributed by atoms with E-state index < -0.39 is 5.60 Å². The fourth-order valence-corrected chi connectivity index (χ4v) is 2.11. The molecule has 20 heavy (non-hydrogen) atoms. The first kappa shape index (κ1) is 16.8. The van der Waals surface area contributed by atoms with Gasteiger partial charge >= 0.3 is 6.09 Å². The van der Waals surface area contributed by atoms with Crippen molar-refractivity contribution < 1.29 is 9.53 Å². The van der Waals surface area contributed by atoms with Gasteiger partial charge in [0.1, 0.15) is 5.60 Å². The molecule has 1 N–H and O–H groups in total. The van der Waals surface area contributed by atoms with Gasteiger partial charge in [0.05, 0.1) is 0 Å². The van der Waals surface area contributed by atoms with E-state index in [4.69, 9.17) is 4.74 Å². The third-order valence-corrected chi connectivity index (χ3v) is 3.08. The summed E-state index contributed by atoms with van der Waals surface area (Å²) in [5.41, 5.74) is 2.00. The molecule has 3 nitrogen and oxygen atoms in total. The highest BCUT2D eigenvalue weighted by molar-refractivity contribution is 9.08. The molecule has 0 fully saturated rings. The van der Waals surface area contributed by atoms with Crippen LogP contribution in [0.3, 0.4) is 0 Å². The van der Waals surface area contributed by atoms with Crippen LogP contribution in [0.25, 0.3) is 6.08 Å². The van der Waals surface area contributed by atoms with Crippen LogP contribution in [0.5, 0.6) is 0 Å². The summed E-state index contributed by atoms with van der Waals surface area (Å²) in [5, 5.41) is 3.57. The Morgan fingerprint density at radius 3 is 2.70 bits per heavy atom. The first-order valence-electron chi connectivity index (χ1n) is 6.69. The van der Waals surface area contributed by atoms with E-state index in [1.165, 1.54) is 11.1 Å². The standard InChI is InChI=1S/C16H22BrNO2/c1-16(2,3)20-15(19)18-11-7-6-9-13-8-4-5-10-14(13)12-17/h4-6,8-10H,7,11-12H2,1-3H3,(H,18,19). The zero-order chi connectivity index (χ0) is 15.0. The van der Waals surface area contributed by atoms with Gasteiger partial charge in [0.25, 0.3) is 0 Å². The van der Waals surface area contributed by atoms with Crippen LogP contribution in [0, 0.1) is 0 Å². The molecule has 0 bridgehead atoms. The van der Waals surface area contributed by atoms with E-state index in [1.807, 2.05) is 32.9 Å². The van der Waals surface area contributed by atoms with E-state index in [2.05, 4.69) is 45.5 Å². The van der Waals surface area contributed by atoms with Crippen LogP contribution >= 0.6 is 15.9 Å². The van der Waals surface area contributed by atoms with E-state index in [-0.39, 0.29) is 6.09 Å². The van der Waals surface area contributed by atoms with Gasteiger partial charge in [0.15, 0.2) is 0 Å². The highest BCUT2D eigenvalue weighted by Gasteiger charge is 2.15. The van der Waals surface area contributed by atoms with Crippen molar-refractivity contribution in [2.45, 2.75) is 38.1 Å². The minimum absolute atomic E-state index is 0.369. The lowest BCUT2D eigenvalue weighted by atomic mass is 10.1. The zero-order valence-corrected chi connectivity index (χ0v) is 13.9. The van der Waals surface area contributed by atoms with Crippen LogP contribution in [0.15, 0.2) is 30.3 Å². The highest BCUT2D eigenvalue weighted by Crippen LogP contribution is 2.14. The van der Waals surface area contributed by atoms with Crippen LogP contribution in [0.2, 0.25) is 0 Å². The number of amides is 1. The van der Waals surface area contributed by atoms with Crippen LogP contribution in [-0.2, 0) is 10.1 Å². The third-order valence-electron chi connectivity index (χ3n) is 2.48. The Labute approximate surface area is 129 Å². The summed E-state index contributed by atoms with van der Waals surface area (Å²) in [7, 11) is 0. The molecule has 0 aliphatic rings. The number of carbonyl (C=O) groups excluding carboxylic acids is 1. The SMILES string of the molecule is CC(C)(C)OC(=O)NCCC=Cc1ccccc1CBr. The second-order valence-electron chi connectivity index (χ2n) is 5.45. The Morgan fingerprint density at radius 2 is 2.05 bits per heavy atom. The van der Waals surface area contributed by atoms with Gasteiger partial charge in [0.2, 0.25) is 0 Å². The Kier molecular flexibility index (Phi) is 6.79. The van der Waals surface area contributed by atoms with Crippen molar-refractivity contribution in [2.75, 3.05) is 6.54 Å². The molecule has 0 heterocycles. The lowest BCUT2D eigenvalue weighted by Gasteiger charge is -2.19. The molecule has 110 valence electrons. The Morgan fingerprint density at radius 1 is 1.35 bits per heavy atom. The van der Waals surface area contributed by atoms with Crippen molar-refractivity contribution in [1.29, 1.82) is 0 Å². The third kappa shape index (κ3) is 6.75. The van der Waals surface area contributed by atoms with Gasteiger partial charge in [-0.2, -0.15) is 0 Å². The van der Waals surface area contributed by atoms with Crippen LogP contribution in [0.4, 0.5) is 4.79 Å². The quantitative estimate of drug-likeness (QED) is 0.633. The van der Waals surface area contributed by atoms with E-state index in [9.17, 15) is 4.79 Å². The summed E-state index contributed by atoms with van der Waals surface area (Å²) in [6.45, 7) is 6.12. The maximum absolute atomic E-state index is 11.4. The largest absolute Gasteiger partial charge is 0.444 e. The molecule has 0 atom stereocenters. The van der Waals surface area contributed by atoms with Crippen molar-refractivity contribution in [3.05, 3.63) is 41.5 Å². The maximum atomic E-state index is 11.4. The molecule has 0 aliphatic carbocycles. The summed E-state index contributed by atoms with van der Waals surface area (Å²) in [5.74, 6) is 0. The van der Waals surface area contributed by atoms with Gasteiger partial charge in [-0.25, -0.2) is 4.79 Å². The summed E-state index contributed by atoms with van der Waals surface area (Å²) < 4.78 is 5.16. The molecule has 0 saturated carbocycles. The smallest absolute Gasteiger partial charge is 0.407 e. The lowest BCUT2D eigenvalue weighted by molar-refractivity contribution is 0.0529. The molecule has 1 aromatic carbocycles. The molecule has 0 aliphatic heterocycles. The number of ether oxygens (including phenoxy) is 1. The molecule has 4 heteroatoms. The average Bonchev–Trinajstić information content (AvgIpc) is 2.36. The first-order chi connectivity index (χ1) is 9.42. The zero-order valence-electron chi connectivity index (χ0n) is 12.3. The van der Waals surface area contributed by atoms with Crippen LogP contribution in [0.1, 0.15) is 38.3 Å². The van der Waals surface area contributed by atoms with Gasteiger partial charge in [-0.15, -0.1) is 0 Å². The van der Waals surface area contributed by atoms with Crippen molar-refractivity contribution in [3.8, 4) is 0 Å². The average molecular weight is 340 g/mol. The fraction of sp³-hybridized carbons (Fsp3) is 0.438. The monoisotopic (exact) mass is 339 g/mol. The molecular formula is C16H22BrNO2. The molecular weight excluding hydrogens is 318 g/mol.